The molecule has 2 aliphatic heterocycles. The topological polar surface area (TPSA) is 60.9 Å². The molecular formula is C22H33N3O3S. The van der Waals surface area contributed by atoms with Crippen molar-refractivity contribution in [3.05, 3.63) is 29.3 Å². The van der Waals surface area contributed by atoms with Crippen LogP contribution in [0.15, 0.2) is 23.1 Å². The molecule has 0 N–H and O–H groups in total. The third-order valence-corrected chi connectivity index (χ3v) is 8.77. The lowest BCUT2D eigenvalue weighted by atomic mass is 9.97. The molecule has 29 heavy (non-hydrogen) atoms. The standard InChI is InChI=1S/C22H33N3O3S/c1-17-5-3-6-18(2)25(17)22(26)16-23-11-13-24(14-12-23)29(27,28)21-10-9-19-7-4-8-20(19)15-21/h9-10,15,17-18H,3-8,11-14,16H2,1-2H3/t17-,18+. The summed E-state index contributed by atoms with van der Waals surface area (Å²) >= 11 is 0. The van der Waals surface area contributed by atoms with E-state index in [9.17, 15) is 13.2 Å². The second-order valence-corrected chi connectivity index (χ2v) is 10.8. The van der Waals surface area contributed by atoms with Gasteiger partial charge in [-0.15, -0.1) is 0 Å². The number of hydrogen-bond acceptors (Lipinski definition) is 4. The normalized spacial score (nSPS) is 26.5. The Morgan fingerprint density at radius 1 is 0.966 bits per heavy atom. The highest BCUT2D eigenvalue weighted by molar-refractivity contribution is 7.89. The van der Waals surface area contributed by atoms with Gasteiger partial charge in [0.15, 0.2) is 0 Å². The van der Waals surface area contributed by atoms with Crippen LogP contribution < -0.4 is 0 Å². The fraction of sp³-hybridized carbons (Fsp3) is 0.682. The molecule has 0 spiro atoms. The van der Waals surface area contributed by atoms with Crippen LogP contribution >= 0.6 is 0 Å². The molecule has 2 heterocycles. The van der Waals surface area contributed by atoms with Gasteiger partial charge in [0.2, 0.25) is 15.9 Å². The first kappa shape index (κ1) is 20.8. The Morgan fingerprint density at radius 3 is 2.31 bits per heavy atom. The zero-order valence-electron chi connectivity index (χ0n) is 17.6. The first-order chi connectivity index (χ1) is 13.9. The van der Waals surface area contributed by atoms with Gasteiger partial charge in [0.25, 0.3) is 0 Å². The molecule has 3 aliphatic rings. The number of benzene rings is 1. The summed E-state index contributed by atoms with van der Waals surface area (Å²) in [5.41, 5.74) is 2.47. The summed E-state index contributed by atoms with van der Waals surface area (Å²) in [5, 5.41) is 0. The van der Waals surface area contributed by atoms with Gasteiger partial charge in [-0.05, 0) is 75.6 Å². The predicted octanol–water partition coefficient (Wildman–Crippen LogP) is 2.27. The molecule has 2 saturated heterocycles. The molecule has 6 nitrogen and oxygen atoms in total. The number of piperidine rings is 1. The molecule has 0 unspecified atom stereocenters. The molecule has 1 aliphatic carbocycles. The molecule has 0 radical (unpaired) electrons. The van der Waals surface area contributed by atoms with Crippen molar-refractivity contribution < 1.29 is 13.2 Å². The summed E-state index contributed by atoms with van der Waals surface area (Å²) in [6, 6.07) is 6.20. The Morgan fingerprint density at radius 2 is 1.62 bits per heavy atom. The van der Waals surface area contributed by atoms with E-state index in [4.69, 9.17) is 0 Å². The van der Waals surface area contributed by atoms with Gasteiger partial charge < -0.3 is 4.90 Å². The lowest BCUT2D eigenvalue weighted by molar-refractivity contribution is -0.138. The van der Waals surface area contributed by atoms with E-state index >= 15 is 0 Å². The van der Waals surface area contributed by atoms with Crippen LogP contribution in [0.3, 0.4) is 0 Å². The van der Waals surface area contributed by atoms with Crippen LogP contribution in [0, 0.1) is 0 Å². The first-order valence-corrected chi connectivity index (χ1v) is 12.5. The SMILES string of the molecule is C[C@@H]1CCC[C@H](C)N1C(=O)CN1CCN(S(=O)(=O)c2ccc3c(c2)CCC3)CC1. The van der Waals surface area contributed by atoms with Gasteiger partial charge in [-0.3, -0.25) is 9.69 Å². The number of fused-ring (bicyclic) bond motifs is 1. The molecule has 0 saturated carbocycles. The quantitative estimate of drug-likeness (QED) is 0.751. The highest BCUT2D eigenvalue weighted by atomic mass is 32.2. The molecule has 0 bridgehead atoms. The molecule has 4 rings (SSSR count). The number of carbonyl (C=O) groups is 1. The lowest BCUT2D eigenvalue weighted by Crippen LogP contribution is -2.54. The van der Waals surface area contributed by atoms with Gasteiger partial charge in [0, 0.05) is 38.3 Å². The smallest absolute Gasteiger partial charge is 0.243 e. The highest BCUT2D eigenvalue weighted by Crippen LogP contribution is 2.27. The van der Waals surface area contributed by atoms with Gasteiger partial charge in [-0.2, -0.15) is 4.31 Å². The van der Waals surface area contributed by atoms with Gasteiger partial charge in [-0.1, -0.05) is 6.07 Å². The largest absolute Gasteiger partial charge is 0.336 e. The minimum Gasteiger partial charge on any atom is -0.336 e. The lowest BCUT2D eigenvalue weighted by Gasteiger charge is -2.41. The number of carbonyl (C=O) groups excluding carboxylic acids is 1. The van der Waals surface area contributed by atoms with E-state index in [2.05, 4.69) is 18.7 Å². The Labute approximate surface area is 174 Å². The second kappa shape index (κ2) is 8.36. The van der Waals surface area contributed by atoms with E-state index in [1.165, 1.54) is 17.5 Å². The van der Waals surface area contributed by atoms with Crippen LogP contribution in [0.5, 0.6) is 0 Å². The monoisotopic (exact) mass is 419 g/mol. The van der Waals surface area contributed by atoms with Crippen molar-refractivity contribution in [3.8, 4) is 0 Å². The van der Waals surface area contributed by atoms with Crippen molar-refractivity contribution in [1.82, 2.24) is 14.1 Å². The predicted molar refractivity (Wildman–Crippen MR) is 113 cm³/mol. The summed E-state index contributed by atoms with van der Waals surface area (Å²) < 4.78 is 27.7. The number of likely N-dealkylation sites (tertiary alicyclic amines) is 1. The zero-order valence-corrected chi connectivity index (χ0v) is 18.5. The number of piperazine rings is 1. The highest BCUT2D eigenvalue weighted by Gasteiger charge is 2.33. The van der Waals surface area contributed by atoms with E-state index in [0.717, 1.165) is 32.1 Å². The molecule has 7 heteroatoms. The van der Waals surface area contributed by atoms with Gasteiger partial charge in [0.1, 0.15) is 0 Å². The maximum absolute atomic E-state index is 13.1. The molecule has 0 aromatic heterocycles. The van der Waals surface area contributed by atoms with E-state index in [1.807, 2.05) is 17.0 Å². The molecule has 1 amide bonds. The van der Waals surface area contributed by atoms with E-state index in [1.54, 1.807) is 10.4 Å². The maximum Gasteiger partial charge on any atom is 0.243 e. The summed E-state index contributed by atoms with van der Waals surface area (Å²) in [7, 11) is -3.46. The maximum atomic E-state index is 13.1. The van der Waals surface area contributed by atoms with Gasteiger partial charge in [0.05, 0.1) is 11.4 Å². The zero-order chi connectivity index (χ0) is 20.6. The van der Waals surface area contributed by atoms with Crippen molar-refractivity contribution in [1.29, 1.82) is 0 Å². The van der Waals surface area contributed by atoms with E-state index in [-0.39, 0.29) is 5.91 Å². The van der Waals surface area contributed by atoms with Crippen LogP contribution in [-0.4, -0.2) is 73.2 Å². The molecule has 1 aromatic carbocycles. The fourth-order valence-corrected chi connectivity index (χ4v) is 6.64. The molecule has 2 atom stereocenters. The number of hydrogen-bond donors (Lipinski definition) is 0. The number of sulfonamides is 1. The van der Waals surface area contributed by atoms with E-state index < -0.39 is 10.0 Å². The number of aryl methyl sites for hydroxylation is 2. The second-order valence-electron chi connectivity index (χ2n) is 8.89. The van der Waals surface area contributed by atoms with Crippen LogP contribution in [0.25, 0.3) is 0 Å². The molecule has 160 valence electrons. The van der Waals surface area contributed by atoms with E-state index in [0.29, 0.717) is 49.7 Å². The summed E-state index contributed by atoms with van der Waals surface area (Å²) in [4.78, 5) is 17.4. The Hall–Kier alpha value is -1.44. The minimum atomic E-state index is -3.46. The average Bonchev–Trinajstić information content (AvgIpc) is 3.16. The molecular weight excluding hydrogens is 386 g/mol. The van der Waals surface area contributed by atoms with Crippen molar-refractivity contribution in [3.63, 3.8) is 0 Å². The van der Waals surface area contributed by atoms with Crippen molar-refractivity contribution in [2.45, 2.75) is 69.4 Å². The number of rotatable bonds is 4. The third kappa shape index (κ3) is 4.23. The summed E-state index contributed by atoms with van der Waals surface area (Å²) in [6.07, 6.45) is 6.47. The van der Waals surface area contributed by atoms with Crippen molar-refractivity contribution in [2.24, 2.45) is 0 Å². The Balaban J connectivity index is 1.36. The molecule has 1 aromatic rings. The van der Waals surface area contributed by atoms with Crippen molar-refractivity contribution >= 4 is 15.9 Å². The summed E-state index contributed by atoms with van der Waals surface area (Å²) in [6.45, 7) is 6.75. The Kier molecular flexibility index (Phi) is 6.00. The van der Waals surface area contributed by atoms with Crippen LogP contribution in [0.1, 0.15) is 50.7 Å². The van der Waals surface area contributed by atoms with Crippen LogP contribution in [0.4, 0.5) is 0 Å². The summed E-state index contributed by atoms with van der Waals surface area (Å²) in [5.74, 6) is 0.180. The number of nitrogens with zero attached hydrogens (tertiary/aromatic N) is 3. The molecule has 2 fully saturated rings. The minimum absolute atomic E-state index is 0.180. The van der Waals surface area contributed by atoms with Gasteiger partial charge >= 0.3 is 0 Å². The van der Waals surface area contributed by atoms with Crippen molar-refractivity contribution in [2.75, 3.05) is 32.7 Å². The van der Waals surface area contributed by atoms with Gasteiger partial charge in [-0.25, -0.2) is 8.42 Å². The van der Waals surface area contributed by atoms with Crippen LogP contribution in [-0.2, 0) is 27.7 Å². The fourth-order valence-electron chi connectivity index (χ4n) is 5.17. The number of amides is 1. The Bertz CT molecular complexity index is 852. The average molecular weight is 420 g/mol. The third-order valence-electron chi connectivity index (χ3n) is 6.88. The first-order valence-electron chi connectivity index (χ1n) is 11.0. The van der Waals surface area contributed by atoms with Crippen LogP contribution in [0.2, 0.25) is 0 Å².